The highest BCUT2D eigenvalue weighted by Crippen LogP contribution is 2.39. The third-order valence-corrected chi connectivity index (χ3v) is 3.23. The maximum Gasteiger partial charge on any atom is 0.414 e. The van der Waals surface area contributed by atoms with E-state index in [0.29, 0.717) is 5.56 Å². The minimum absolute atomic E-state index is 0.118. The molecule has 0 aliphatic heterocycles. The van der Waals surface area contributed by atoms with E-state index >= 15 is 0 Å². The van der Waals surface area contributed by atoms with Crippen LogP contribution < -0.4 is 5.09 Å². The van der Waals surface area contributed by atoms with Gasteiger partial charge in [0, 0.05) is 0 Å². The van der Waals surface area contributed by atoms with E-state index in [-0.39, 0.29) is 6.16 Å². The lowest BCUT2D eigenvalue weighted by atomic mass is 10.2. The maximum absolute atomic E-state index is 11.8. The Morgan fingerprint density at radius 3 is 2.39 bits per heavy atom. The van der Waals surface area contributed by atoms with Crippen molar-refractivity contribution < 1.29 is 19.0 Å². The van der Waals surface area contributed by atoms with Crippen molar-refractivity contribution in [3.63, 3.8) is 0 Å². The molecule has 0 saturated carbocycles. The van der Waals surface area contributed by atoms with Crippen molar-refractivity contribution in [3.05, 3.63) is 35.9 Å². The van der Waals surface area contributed by atoms with Crippen molar-refractivity contribution in [2.75, 3.05) is 0 Å². The first-order valence-corrected chi connectivity index (χ1v) is 7.39. The summed E-state index contributed by atoms with van der Waals surface area (Å²) >= 11 is 0. The number of rotatable bonds is 3. The standard InChI is InChI=1S/C12H18NO4P/c1-12(2,3)17-11(14)13-18(15,16)9-10-7-5-4-6-8-10/h4-8H,9H2,1-3H3,(H2,13,14,15,16). The van der Waals surface area contributed by atoms with Gasteiger partial charge in [0.25, 0.3) is 7.52 Å². The van der Waals surface area contributed by atoms with Crippen molar-refractivity contribution >= 4 is 13.6 Å². The van der Waals surface area contributed by atoms with E-state index < -0.39 is 19.2 Å². The van der Waals surface area contributed by atoms with Gasteiger partial charge >= 0.3 is 6.09 Å². The highest BCUT2D eigenvalue weighted by molar-refractivity contribution is 7.55. The Labute approximate surface area is 107 Å². The highest BCUT2D eigenvalue weighted by Gasteiger charge is 2.25. The smallest absolute Gasteiger partial charge is 0.414 e. The lowest BCUT2D eigenvalue weighted by Crippen LogP contribution is -2.31. The zero-order chi connectivity index (χ0) is 13.8. The Hall–Kier alpha value is -1.32. The number of hydrogen-bond acceptors (Lipinski definition) is 3. The van der Waals surface area contributed by atoms with Crippen LogP contribution in [0.1, 0.15) is 26.3 Å². The molecular formula is C12H18NO4P. The molecule has 18 heavy (non-hydrogen) atoms. The molecule has 1 unspecified atom stereocenters. The van der Waals surface area contributed by atoms with Gasteiger partial charge < -0.3 is 9.63 Å². The monoisotopic (exact) mass is 271 g/mol. The first-order chi connectivity index (χ1) is 8.18. The van der Waals surface area contributed by atoms with E-state index in [1.807, 2.05) is 11.2 Å². The first-order valence-electron chi connectivity index (χ1n) is 5.55. The number of ether oxygens (including phenoxy) is 1. The lowest BCUT2D eigenvalue weighted by Gasteiger charge is -2.21. The molecule has 0 aliphatic carbocycles. The van der Waals surface area contributed by atoms with Crippen molar-refractivity contribution in [2.24, 2.45) is 0 Å². The molecule has 100 valence electrons. The lowest BCUT2D eigenvalue weighted by molar-refractivity contribution is 0.0564. The number of benzene rings is 1. The molecule has 1 atom stereocenters. The molecule has 6 heteroatoms. The van der Waals surface area contributed by atoms with Gasteiger partial charge in [-0.2, -0.15) is 0 Å². The average Bonchev–Trinajstić information content (AvgIpc) is 2.13. The van der Waals surface area contributed by atoms with E-state index in [0.717, 1.165) is 0 Å². The van der Waals surface area contributed by atoms with Crippen molar-refractivity contribution in [2.45, 2.75) is 32.5 Å². The minimum atomic E-state index is -3.78. The van der Waals surface area contributed by atoms with Crippen LogP contribution in [0.25, 0.3) is 0 Å². The van der Waals surface area contributed by atoms with E-state index in [4.69, 9.17) is 4.74 Å². The Bertz CT molecular complexity index is 453. The van der Waals surface area contributed by atoms with Gasteiger partial charge in [-0.1, -0.05) is 30.3 Å². The molecule has 0 radical (unpaired) electrons. The van der Waals surface area contributed by atoms with Gasteiger partial charge in [-0.3, -0.25) is 9.65 Å². The molecule has 0 fully saturated rings. The van der Waals surface area contributed by atoms with Crippen LogP contribution >= 0.6 is 7.52 Å². The van der Waals surface area contributed by atoms with E-state index in [1.165, 1.54) is 0 Å². The Morgan fingerprint density at radius 1 is 1.33 bits per heavy atom. The Kier molecular flexibility index (Phi) is 4.54. The van der Waals surface area contributed by atoms with Gasteiger partial charge in [0.2, 0.25) is 0 Å². The highest BCUT2D eigenvalue weighted by atomic mass is 31.2. The molecule has 0 saturated heterocycles. The second-order valence-corrected chi connectivity index (χ2v) is 6.90. The van der Waals surface area contributed by atoms with Crippen LogP contribution in [-0.4, -0.2) is 16.6 Å². The minimum Gasteiger partial charge on any atom is -0.444 e. The first kappa shape index (κ1) is 14.7. The summed E-state index contributed by atoms with van der Waals surface area (Å²) < 4.78 is 16.8. The number of nitrogens with one attached hydrogen (secondary N) is 1. The maximum atomic E-state index is 11.8. The van der Waals surface area contributed by atoms with Gasteiger partial charge in [-0.05, 0) is 26.3 Å². The molecular weight excluding hydrogens is 253 g/mol. The summed E-state index contributed by atoms with van der Waals surface area (Å²) in [5, 5.41) is 2.01. The number of hydrogen-bond donors (Lipinski definition) is 2. The van der Waals surface area contributed by atoms with Gasteiger partial charge in [-0.15, -0.1) is 0 Å². The second-order valence-electron chi connectivity index (χ2n) is 4.96. The van der Waals surface area contributed by atoms with Gasteiger partial charge in [0.15, 0.2) is 0 Å². The van der Waals surface area contributed by atoms with Gasteiger partial charge in [0.05, 0.1) is 6.16 Å². The van der Waals surface area contributed by atoms with Crippen molar-refractivity contribution in [1.29, 1.82) is 0 Å². The summed E-state index contributed by atoms with van der Waals surface area (Å²) in [6.07, 6.45) is -1.00. The zero-order valence-corrected chi connectivity index (χ0v) is 11.6. The summed E-state index contributed by atoms with van der Waals surface area (Å²) in [5.41, 5.74) is -0.0176. The van der Waals surface area contributed by atoms with E-state index in [1.54, 1.807) is 45.0 Å². The zero-order valence-electron chi connectivity index (χ0n) is 10.7. The second kappa shape index (κ2) is 5.55. The molecule has 2 N–H and O–H groups in total. The van der Waals surface area contributed by atoms with Gasteiger partial charge in [0.1, 0.15) is 5.60 Å². The summed E-state index contributed by atoms with van der Waals surface area (Å²) in [6.45, 7) is 5.06. The third-order valence-electron chi connectivity index (χ3n) is 1.90. The quantitative estimate of drug-likeness (QED) is 0.829. The Morgan fingerprint density at radius 2 is 1.89 bits per heavy atom. The van der Waals surface area contributed by atoms with Crippen molar-refractivity contribution in [1.82, 2.24) is 5.09 Å². The molecule has 0 aliphatic rings. The molecule has 0 aromatic heterocycles. The van der Waals surface area contributed by atoms with Crippen LogP contribution in [0, 0.1) is 0 Å². The summed E-state index contributed by atoms with van der Waals surface area (Å²) in [4.78, 5) is 21.1. The number of amides is 1. The van der Waals surface area contributed by atoms with Crippen LogP contribution in [0.3, 0.4) is 0 Å². The molecule has 1 aromatic carbocycles. The molecule has 0 spiro atoms. The van der Waals surface area contributed by atoms with E-state index in [2.05, 4.69) is 0 Å². The fraction of sp³-hybridized carbons (Fsp3) is 0.417. The number of carbonyl (C=O) groups excluding carboxylic acids is 1. The fourth-order valence-corrected chi connectivity index (χ4v) is 2.43. The summed E-state index contributed by atoms with van der Waals surface area (Å²) in [6, 6.07) is 8.79. The van der Waals surface area contributed by atoms with Crippen LogP contribution in [0.15, 0.2) is 30.3 Å². The fourth-order valence-electron chi connectivity index (χ4n) is 1.31. The number of carbonyl (C=O) groups is 1. The van der Waals surface area contributed by atoms with Crippen molar-refractivity contribution in [3.8, 4) is 0 Å². The topological polar surface area (TPSA) is 75.6 Å². The van der Waals surface area contributed by atoms with Gasteiger partial charge in [-0.25, -0.2) is 4.79 Å². The summed E-state index contributed by atoms with van der Waals surface area (Å²) in [7, 11) is -3.78. The SMILES string of the molecule is CC(C)(C)OC(=O)NP(=O)(O)Cc1ccccc1. The molecule has 0 heterocycles. The van der Waals surface area contributed by atoms with Crippen LogP contribution in [0.2, 0.25) is 0 Å². The molecule has 1 rings (SSSR count). The van der Waals surface area contributed by atoms with Crippen LogP contribution in [-0.2, 0) is 15.5 Å². The average molecular weight is 271 g/mol. The normalized spacial score (nSPS) is 14.7. The third kappa shape index (κ3) is 5.84. The predicted octanol–water partition coefficient (Wildman–Crippen LogP) is 2.90. The predicted molar refractivity (Wildman–Crippen MR) is 69.3 cm³/mol. The largest absolute Gasteiger partial charge is 0.444 e. The summed E-state index contributed by atoms with van der Waals surface area (Å²) in [5.74, 6) is 0. The molecule has 0 bridgehead atoms. The molecule has 1 amide bonds. The van der Waals surface area contributed by atoms with Crippen LogP contribution in [0.5, 0.6) is 0 Å². The molecule has 1 aromatic rings. The van der Waals surface area contributed by atoms with E-state index in [9.17, 15) is 14.3 Å². The molecule has 5 nitrogen and oxygen atoms in total. The van der Waals surface area contributed by atoms with Crippen LogP contribution in [0.4, 0.5) is 4.79 Å². The Balaban J connectivity index is 2.60.